The topological polar surface area (TPSA) is 120 Å². The number of hydrogen-bond acceptors (Lipinski definition) is 8. The van der Waals surface area contributed by atoms with Crippen molar-refractivity contribution in [3.63, 3.8) is 0 Å². The molecule has 2 aromatic carbocycles. The number of carbonyl (C=O) groups is 1. The normalized spacial score (nSPS) is 14.4. The number of nitrogens with zero attached hydrogens (tertiary/aromatic N) is 2. The van der Waals surface area contributed by atoms with Crippen LogP contribution in [0.2, 0.25) is 10.0 Å². The molecule has 5 N–H and O–H groups in total. The van der Waals surface area contributed by atoms with E-state index in [-0.39, 0.29) is 24.4 Å². The maximum absolute atomic E-state index is 15.3. The van der Waals surface area contributed by atoms with Crippen molar-refractivity contribution < 1.29 is 19.0 Å². The molecule has 236 valence electrons. The number of hydrogen-bond donors (Lipinski definition) is 5. The second-order valence-electron chi connectivity index (χ2n) is 10.6. The standard InChI is InChI=1S/C33H35Cl2FN6O3/c1-45-27-17-21(5-6-22(27)18-38-19-23-7-8-28(44)41-23)32-30(35)25(11-14-39-32)24-3-2-4-26(29(24)34)42-33-31(36)20(10-13-40-33)9-12-37-15-16-43/h2-6,10-11,13-14,17,23,37-38,43H,7-9,12,15-16,18-19H2,1H3,(H,40,42)(H,41,44). The molecule has 1 fully saturated rings. The van der Waals surface area contributed by atoms with Gasteiger partial charge in [0.05, 0.1) is 35.1 Å². The monoisotopic (exact) mass is 652 g/mol. The van der Waals surface area contributed by atoms with Gasteiger partial charge in [0.1, 0.15) is 5.75 Å². The van der Waals surface area contributed by atoms with E-state index in [0.717, 1.165) is 17.5 Å². The van der Waals surface area contributed by atoms with Crippen LogP contribution in [-0.2, 0) is 17.8 Å². The second-order valence-corrected chi connectivity index (χ2v) is 11.4. The van der Waals surface area contributed by atoms with E-state index in [9.17, 15) is 4.79 Å². The van der Waals surface area contributed by atoms with Gasteiger partial charge in [-0.3, -0.25) is 9.78 Å². The SMILES string of the molecule is COc1cc(-c2nccc(-c3cccc(Nc4nccc(CCNCCO)c4F)c3Cl)c2Cl)ccc1CNCC1CCC(=O)N1. The van der Waals surface area contributed by atoms with Crippen molar-refractivity contribution in [1.29, 1.82) is 0 Å². The van der Waals surface area contributed by atoms with Gasteiger partial charge >= 0.3 is 0 Å². The van der Waals surface area contributed by atoms with Crippen LogP contribution in [-0.4, -0.2) is 60.4 Å². The fourth-order valence-corrected chi connectivity index (χ4v) is 5.86. The van der Waals surface area contributed by atoms with E-state index in [1.54, 1.807) is 37.7 Å². The fourth-order valence-electron chi connectivity index (χ4n) is 5.26. The number of pyridine rings is 2. The van der Waals surface area contributed by atoms with Gasteiger partial charge in [-0.2, -0.15) is 0 Å². The van der Waals surface area contributed by atoms with Crippen LogP contribution in [0.4, 0.5) is 15.9 Å². The van der Waals surface area contributed by atoms with Crippen molar-refractivity contribution >= 4 is 40.6 Å². The number of benzene rings is 2. The minimum Gasteiger partial charge on any atom is -0.496 e. The Morgan fingerprint density at radius 1 is 1.02 bits per heavy atom. The summed E-state index contributed by atoms with van der Waals surface area (Å²) in [6.07, 6.45) is 5.05. The molecule has 0 spiro atoms. The Balaban J connectivity index is 1.35. The third kappa shape index (κ3) is 7.89. The number of rotatable bonds is 14. The Morgan fingerprint density at radius 3 is 2.62 bits per heavy atom. The highest BCUT2D eigenvalue weighted by molar-refractivity contribution is 6.39. The Bertz CT molecular complexity index is 1660. The van der Waals surface area contributed by atoms with Crippen LogP contribution in [0.3, 0.4) is 0 Å². The van der Waals surface area contributed by atoms with Crippen LogP contribution in [0.25, 0.3) is 22.4 Å². The number of aromatic nitrogens is 2. The molecule has 45 heavy (non-hydrogen) atoms. The highest BCUT2D eigenvalue weighted by Gasteiger charge is 2.21. The van der Waals surface area contributed by atoms with Gasteiger partial charge in [-0.1, -0.05) is 47.5 Å². The van der Waals surface area contributed by atoms with Crippen LogP contribution in [0.15, 0.2) is 60.9 Å². The number of anilines is 2. The van der Waals surface area contributed by atoms with Crippen molar-refractivity contribution in [1.82, 2.24) is 25.9 Å². The molecule has 1 unspecified atom stereocenters. The molecular weight excluding hydrogens is 618 g/mol. The van der Waals surface area contributed by atoms with Gasteiger partial charge in [-0.05, 0) is 49.2 Å². The number of aliphatic hydroxyl groups is 1. The number of methoxy groups -OCH3 is 1. The number of aliphatic hydroxyl groups excluding tert-OH is 1. The summed E-state index contributed by atoms with van der Waals surface area (Å²) in [7, 11) is 1.62. The Hall–Kier alpha value is -3.80. The van der Waals surface area contributed by atoms with Gasteiger partial charge in [0.2, 0.25) is 5.91 Å². The second kappa shape index (κ2) is 15.5. The first kappa shape index (κ1) is 32.6. The van der Waals surface area contributed by atoms with E-state index in [2.05, 4.69) is 31.2 Å². The fraction of sp³-hybridized carbons (Fsp3) is 0.303. The van der Waals surface area contributed by atoms with E-state index < -0.39 is 5.82 Å². The lowest BCUT2D eigenvalue weighted by molar-refractivity contribution is -0.119. The lowest BCUT2D eigenvalue weighted by atomic mass is 10.0. The van der Waals surface area contributed by atoms with Gasteiger partial charge in [-0.15, -0.1) is 0 Å². The number of nitrogens with one attached hydrogen (secondary N) is 4. The van der Waals surface area contributed by atoms with Crippen molar-refractivity contribution in [3.8, 4) is 28.1 Å². The average molecular weight is 654 g/mol. The minimum absolute atomic E-state index is 0.0196. The van der Waals surface area contributed by atoms with Gasteiger partial charge in [-0.25, -0.2) is 9.37 Å². The lowest BCUT2D eigenvalue weighted by Gasteiger charge is -2.16. The molecule has 0 bridgehead atoms. The zero-order chi connectivity index (χ0) is 31.8. The maximum Gasteiger partial charge on any atom is 0.220 e. The first-order chi connectivity index (χ1) is 21.9. The van der Waals surface area contributed by atoms with Crippen molar-refractivity contribution in [3.05, 3.63) is 87.9 Å². The van der Waals surface area contributed by atoms with Crippen molar-refractivity contribution in [2.24, 2.45) is 0 Å². The molecule has 9 nitrogen and oxygen atoms in total. The molecule has 4 aromatic rings. The molecule has 0 aliphatic carbocycles. The van der Waals surface area contributed by atoms with Crippen molar-refractivity contribution in [2.45, 2.75) is 31.8 Å². The third-order valence-electron chi connectivity index (χ3n) is 7.61. The quantitative estimate of drug-likeness (QED) is 0.113. The molecule has 0 radical (unpaired) electrons. The smallest absolute Gasteiger partial charge is 0.220 e. The molecule has 1 atom stereocenters. The summed E-state index contributed by atoms with van der Waals surface area (Å²) in [5, 5.41) is 22.1. The van der Waals surface area contributed by atoms with E-state index in [0.29, 0.717) is 82.9 Å². The molecule has 1 aliphatic rings. The molecule has 12 heteroatoms. The summed E-state index contributed by atoms with van der Waals surface area (Å²) in [4.78, 5) is 20.2. The molecule has 3 heterocycles. The van der Waals surface area contributed by atoms with Crippen molar-refractivity contribution in [2.75, 3.05) is 38.7 Å². The van der Waals surface area contributed by atoms with Crippen LogP contribution < -0.4 is 26.0 Å². The molecule has 1 saturated heterocycles. The van der Waals surface area contributed by atoms with Gasteiger partial charge in [0.25, 0.3) is 0 Å². The average Bonchev–Trinajstić information content (AvgIpc) is 3.47. The Labute approximate surface area is 271 Å². The molecular formula is C33H35Cl2FN6O3. The van der Waals surface area contributed by atoms with Crippen LogP contribution in [0.5, 0.6) is 5.75 Å². The summed E-state index contributed by atoms with van der Waals surface area (Å²) >= 11 is 13.8. The van der Waals surface area contributed by atoms with Gasteiger partial charge in [0, 0.05) is 66.7 Å². The predicted octanol–water partition coefficient (Wildman–Crippen LogP) is 5.50. The minimum atomic E-state index is -0.466. The van der Waals surface area contributed by atoms with Crippen LogP contribution in [0, 0.1) is 5.82 Å². The molecule has 2 aromatic heterocycles. The summed E-state index contributed by atoms with van der Waals surface area (Å²) in [6, 6.07) is 14.8. The highest BCUT2D eigenvalue weighted by atomic mass is 35.5. The number of halogens is 3. The summed E-state index contributed by atoms with van der Waals surface area (Å²) < 4.78 is 21.0. The third-order valence-corrected chi connectivity index (χ3v) is 8.40. The summed E-state index contributed by atoms with van der Waals surface area (Å²) in [5.41, 5.74) is 4.57. The Morgan fingerprint density at radius 2 is 1.84 bits per heavy atom. The van der Waals surface area contributed by atoms with E-state index in [1.807, 2.05) is 30.3 Å². The Kier molecular flexibility index (Phi) is 11.2. The maximum atomic E-state index is 15.3. The predicted molar refractivity (Wildman–Crippen MR) is 176 cm³/mol. The molecule has 1 aliphatic heterocycles. The molecule has 5 rings (SSSR count). The van der Waals surface area contributed by atoms with Gasteiger partial charge in [0.15, 0.2) is 11.6 Å². The first-order valence-corrected chi connectivity index (χ1v) is 15.5. The number of carbonyl (C=O) groups excluding carboxylic acids is 1. The highest BCUT2D eigenvalue weighted by Crippen LogP contribution is 2.41. The van der Waals surface area contributed by atoms with E-state index >= 15 is 4.39 Å². The number of ether oxygens (including phenoxy) is 1. The summed E-state index contributed by atoms with van der Waals surface area (Å²) in [5.74, 6) is 0.371. The molecule has 1 amide bonds. The van der Waals surface area contributed by atoms with Crippen LogP contribution >= 0.6 is 23.2 Å². The van der Waals surface area contributed by atoms with E-state index in [4.69, 9.17) is 33.0 Å². The first-order valence-electron chi connectivity index (χ1n) is 14.7. The van der Waals surface area contributed by atoms with Gasteiger partial charge < -0.3 is 31.1 Å². The molecule has 0 saturated carbocycles. The van der Waals surface area contributed by atoms with Crippen LogP contribution in [0.1, 0.15) is 24.0 Å². The zero-order valence-electron chi connectivity index (χ0n) is 24.8. The summed E-state index contributed by atoms with van der Waals surface area (Å²) in [6.45, 7) is 2.24. The zero-order valence-corrected chi connectivity index (χ0v) is 26.3. The lowest BCUT2D eigenvalue weighted by Crippen LogP contribution is -2.35. The largest absolute Gasteiger partial charge is 0.496 e. The number of amides is 1. The van der Waals surface area contributed by atoms with E-state index in [1.165, 1.54) is 0 Å².